The second kappa shape index (κ2) is 6.94. The lowest BCUT2D eigenvalue weighted by Gasteiger charge is -2.42. The first-order valence-electron chi connectivity index (χ1n) is 9.03. The number of likely N-dealkylation sites (N-methyl/N-ethyl adjacent to an activating group) is 1. The number of H-pyrrole nitrogens is 1. The van der Waals surface area contributed by atoms with Crippen molar-refractivity contribution < 1.29 is 8.42 Å². The fourth-order valence-electron chi connectivity index (χ4n) is 3.82. The van der Waals surface area contributed by atoms with E-state index in [0.29, 0.717) is 19.0 Å². The van der Waals surface area contributed by atoms with Crippen molar-refractivity contribution in [3.63, 3.8) is 0 Å². The molecule has 2 atom stereocenters. The Morgan fingerprint density at radius 3 is 2.89 bits per heavy atom. The summed E-state index contributed by atoms with van der Waals surface area (Å²) in [4.78, 5) is 13.9. The topological polar surface area (TPSA) is 82.2 Å². The molecule has 0 radical (unpaired) electrons. The number of hydrogen-bond acceptors (Lipinski definition) is 5. The van der Waals surface area contributed by atoms with E-state index in [4.69, 9.17) is 0 Å². The van der Waals surface area contributed by atoms with Crippen molar-refractivity contribution in [1.82, 2.24) is 19.3 Å². The Bertz CT molecular complexity index is 1030. The lowest BCUT2D eigenvalue weighted by atomic mass is 9.93. The van der Waals surface area contributed by atoms with Crippen LogP contribution in [0.1, 0.15) is 13.3 Å². The van der Waals surface area contributed by atoms with Gasteiger partial charge in [0.2, 0.25) is 10.0 Å². The third kappa shape index (κ3) is 3.19. The largest absolute Gasteiger partial charge is 0.369 e. The highest BCUT2D eigenvalue weighted by atomic mass is 32.2. The van der Waals surface area contributed by atoms with Crippen molar-refractivity contribution in [2.45, 2.75) is 24.3 Å². The monoisotopic (exact) mass is 385 g/mol. The molecule has 4 rings (SSSR count). The summed E-state index contributed by atoms with van der Waals surface area (Å²) in [5, 5.41) is 1.04. The number of nitrogens with one attached hydrogen (secondary N) is 1. The van der Waals surface area contributed by atoms with Crippen LogP contribution in [0, 0.1) is 5.92 Å². The number of fused-ring (bicyclic) bond motifs is 1. The Hall–Kier alpha value is -2.45. The summed E-state index contributed by atoms with van der Waals surface area (Å²) in [6, 6.07) is 7.32. The molecular weight excluding hydrogens is 362 g/mol. The molecule has 1 saturated heterocycles. The normalized spacial score (nSPS) is 21.4. The molecule has 142 valence electrons. The molecule has 3 aromatic rings. The van der Waals surface area contributed by atoms with Crippen LogP contribution in [0.5, 0.6) is 0 Å². The SMILES string of the molecule is C[C@@H]1CCN(S(=O)(=O)c2cccnc2)C[C@@H]1N(C)c1ccnc2[nH]ccc12. The second-order valence-corrected chi connectivity index (χ2v) is 9.00. The number of nitrogens with zero attached hydrogens (tertiary/aromatic N) is 4. The first kappa shape index (κ1) is 17.9. The van der Waals surface area contributed by atoms with Crippen LogP contribution in [0.15, 0.2) is 53.9 Å². The van der Waals surface area contributed by atoms with Gasteiger partial charge in [-0.2, -0.15) is 4.31 Å². The van der Waals surface area contributed by atoms with Crippen LogP contribution in [0.4, 0.5) is 5.69 Å². The number of aromatic nitrogens is 3. The first-order valence-corrected chi connectivity index (χ1v) is 10.5. The predicted octanol–water partition coefficient (Wildman–Crippen LogP) is 2.49. The van der Waals surface area contributed by atoms with Crippen LogP contribution in [0.2, 0.25) is 0 Å². The average Bonchev–Trinajstić information content (AvgIpc) is 3.17. The molecular formula is C19H23N5O2S. The highest BCUT2D eigenvalue weighted by Crippen LogP contribution is 2.31. The lowest BCUT2D eigenvalue weighted by molar-refractivity contribution is 0.247. The van der Waals surface area contributed by atoms with Gasteiger partial charge < -0.3 is 9.88 Å². The molecule has 0 aliphatic carbocycles. The number of sulfonamides is 1. The zero-order chi connectivity index (χ0) is 19.0. The van der Waals surface area contributed by atoms with Gasteiger partial charge in [0.1, 0.15) is 10.5 Å². The molecule has 8 heteroatoms. The molecule has 7 nitrogen and oxygen atoms in total. The minimum absolute atomic E-state index is 0.0747. The number of piperidine rings is 1. The summed E-state index contributed by atoms with van der Waals surface area (Å²) in [7, 11) is -1.51. The molecule has 0 bridgehead atoms. The summed E-state index contributed by atoms with van der Waals surface area (Å²) in [6.45, 7) is 3.16. The van der Waals surface area contributed by atoms with Gasteiger partial charge in [0.15, 0.2) is 0 Å². The average molecular weight is 385 g/mol. The van der Waals surface area contributed by atoms with E-state index in [1.807, 2.05) is 25.4 Å². The fraction of sp³-hybridized carbons (Fsp3) is 0.368. The van der Waals surface area contributed by atoms with Crippen LogP contribution in [0.3, 0.4) is 0 Å². The Kier molecular flexibility index (Phi) is 4.61. The molecule has 0 unspecified atom stereocenters. The van der Waals surface area contributed by atoms with Gasteiger partial charge in [0, 0.05) is 62.0 Å². The lowest BCUT2D eigenvalue weighted by Crippen LogP contribution is -2.52. The summed E-state index contributed by atoms with van der Waals surface area (Å²) >= 11 is 0. The quantitative estimate of drug-likeness (QED) is 0.746. The molecule has 0 saturated carbocycles. The van der Waals surface area contributed by atoms with E-state index in [0.717, 1.165) is 23.1 Å². The Balaban J connectivity index is 1.64. The van der Waals surface area contributed by atoms with Gasteiger partial charge in [-0.1, -0.05) is 6.92 Å². The summed E-state index contributed by atoms with van der Waals surface area (Å²) in [5.74, 6) is 0.373. The van der Waals surface area contributed by atoms with Crippen molar-refractivity contribution in [2.24, 2.45) is 5.92 Å². The molecule has 1 N–H and O–H groups in total. The van der Waals surface area contributed by atoms with E-state index < -0.39 is 10.0 Å². The summed E-state index contributed by atoms with van der Waals surface area (Å²) in [5.41, 5.74) is 1.89. The van der Waals surface area contributed by atoms with Crippen molar-refractivity contribution >= 4 is 26.7 Å². The minimum Gasteiger partial charge on any atom is -0.369 e. The molecule has 27 heavy (non-hydrogen) atoms. The zero-order valence-electron chi connectivity index (χ0n) is 15.4. The van der Waals surface area contributed by atoms with Crippen molar-refractivity contribution in [1.29, 1.82) is 0 Å². The zero-order valence-corrected chi connectivity index (χ0v) is 16.2. The van der Waals surface area contributed by atoms with Crippen LogP contribution in [0.25, 0.3) is 11.0 Å². The van der Waals surface area contributed by atoms with Gasteiger partial charge in [-0.15, -0.1) is 0 Å². The summed E-state index contributed by atoms with van der Waals surface area (Å²) < 4.78 is 27.6. The van der Waals surface area contributed by atoms with Gasteiger partial charge in [0.25, 0.3) is 0 Å². The van der Waals surface area contributed by atoms with Crippen molar-refractivity contribution in [3.05, 3.63) is 49.1 Å². The van der Waals surface area contributed by atoms with E-state index in [9.17, 15) is 8.42 Å². The number of pyridine rings is 2. The Morgan fingerprint density at radius 1 is 1.26 bits per heavy atom. The van der Waals surface area contributed by atoms with Gasteiger partial charge in [-0.25, -0.2) is 13.4 Å². The molecule has 4 heterocycles. The van der Waals surface area contributed by atoms with Gasteiger partial charge in [-0.05, 0) is 36.6 Å². The highest BCUT2D eigenvalue weighted by molar-refractivity contribution is 7.89. The van der Waals surface area contributed by atoms with E-state index in [2.05, 4.69) is 26.8 Å². The second-order valence-electron chi connectivity index (χ2n) is 7.07. The maximum atomic E-state index is 13.0. The molecule has 0 spiro atoms. The molecule has 3 aromatic heterocycles. The van der Waals surface area contributed by atoms with E-state index >= 15 is 0 Å². The summed E-state index contributed by atoms with van der Waals surface area (Å²) in [6.07, 6.45) is 7.47. The molecule has 0 amide bonds. The Labute approximate surface area is 159 Å². The number of rotatable bonds is 4. The number of hydrogen-bond donors (Lipinski definition) is 1. The number of aromatic amines is 1. The predicted molar refractivity (Wildman–Crippen MR) is 105 cm³/mol. The highest BCUT2D eigenvalue weighted by Gasteiger charge is 2.36. The molecule has 0 aromatic carbocycles. The molecule has 1 aliphatic rings. The minimum atomic E-state index is -3.54. The van der Waals surface area contributed by atoms with Crippen LogP contribution in [-0.4, -0.2) is 53.9 Å². The first-order chi connectivity index (χ1) is 13.0. The van der Waals surface area contributed by atoms with Gasteiger partial charge >= 0.3 is 0 Å². The van der Waals surface area contributed by atoms with Gasteiger partial charge in [-0.3, -0.25) is 4.98 Å². The maximum Gasteiger partial charge on any atom is 0.244 e. The van der Waals surface area contributed by atoms with Gasteiger partial charge in [0.05, 0.1) is 0 Å². The van der Waals surface area contributed by atoms with E-state index in [1.54, 1.807) is 28.8 Å². The smallest absolute Gasteiger partial charge is 0.244 e. The maximum absolute atomic E-state index is 13.0. The molecule has 1 aliphatic heterocycles. The molecule has 1 fully saturated rings. The number of anilines is 1. The fourth-order valence-corrected chi connectivity index (χ4v) is 5.26. The van der Waals surface area contributed by atoms with Crippen molar-refractivity contribution in [3.8, 4) is 0 Å². The third-order valence-corrected chi connectivity index (χ3v) is 7.32. The Morgan fingerprint density at radius 2 is 2.11 bits per heavy atom. The van der Waals surface area contributed by atoms with E-state index in [-0.39, 0.29) is 10.9 Å². The van der Waals surface area contributed by atoms with Crippen molar-refractivity contribution in [2.75, 3.05) is 25.0 Å². The van der Waals surface area contributed by atoms with Crippen LogP contribution in [-0.2, 0) is 10.0 Å². The standard InChI is InChI=1S/C19H23N5O2S/c1-14-7-11-24(27(25,26)15-4-3-8-20-12-15)13-18(14)23(2)17-6-10-22-19-16(17)5-9-21-19/h3-6,8-10,12,14,18H,7,11,13H2,1-2H3,(H,21,22)/t14-,18+/m1/s1. The van der Waals surface area contributed by atoms with E-state index in [1.165, 1.54) is 6.20 Å². The van der Waals surface area contributed by atoms with Crippen LogP contribution >= 0.6 is 0 Å². The third-order valence-electron chi connectivity index (χ3n) is 5.47. The van der Waals surface area contributed by atoms with Crippen LogP contribution < -0.4 is 4.90 Å².